The van der Waals surface area contributed by atoms with Crippen LogP contribution in [0.25, 0.3) is 0 Å². The standard InChI is InChI=1S/C16H21BrFNO/c1-10-9-15(2,3)19(14(20)16(4,5)17)13-7-6-11(18)8-12(10)13/h6-8,10H,9H2,1-5H3. The highest BCUT2D eigenvalue weighted by Crippen LogP contribution is 2.45. The van der Waals surface area contributed by atoms with Crippen molar-refractivity contribution >= 4 is 27.5 Å². The molecule has 2 nitrogen and oxygen atoms in total. The molecule has 0 aliphatic carbocycles. The molecule has 0 aromatic heterocycles. The van der Waals surface area contributed by atoms with Gasteiger partial charge in [-0.1, -0.05) is 22.9 Å². The van der Waals surface area contributed by atoms with Crippen molar-refractivity contribution in [2.24, 2.45) is 0 Å². The van der Waals surface area contributed by atoms with Gasteiger partial charge in [0.15, 0.2) is 0 Å². The number of hydrogen-bond acceptors (Lipinski definition) is 1. The average molecular weight is 342 g/mol. The van der Waals surface area contributed by atoms with E-state index in [-0.39, 0.29) is 23.2 Å². The predicted molar refractivity (Wildman–Crippen MR) is 84.0 cm³/mol. The van der Waals surface area contributed by atoms with Crippen LogP contribution in [-0.4, -0.2) is 15.8 Å². The SMILES string of the molecule is CC1CC(C)(C)N(C(=O)C(C)(C)Br)c2ccc(F)cc21. The van der Waals surface area contributed by atoms with E-state index in [1.54, 1.807) is 12.1 Å². The molecule has 0 fully saturated rings. The highest BCUT2D eigenvalue weighted by atomic mass is 79.9. The maximum absolute atomic E-state index is 13.5. The number of rotatable bonds is 1. The van der Waals surface area contributed by atoms with Crippen LogP contribution in [0.2, 0.25) is 0 Å². The van der Waals surface area contributed by atoms with Crippen LogP contribution < -0.4 is 4.90 Å². The Bertz CT molecular complexity index is 548. The quantitative estimate of drug-likeness (QED) is 0.682. The number of nitrogens with zero attached hydrogens (tertiary/aromatic N) is 1. The zero-order valence-corrected chi connectivity index (χ0v) is 14.2. The molecule has 1 aromatic carbocycles. The topological polar surface area (TPSA) is 20.3 Å². The first-order valence-corrected chi connectivity index (χ1v) is 7.66. The van der Waals surface area contributed by atoms with Crippen molar-refractivity contribution in [3.8, 4) is 0 Å². The first-order chi connectivity index (χ1) is 9.04. The van der Waals surface area contributed by atoms with Crippen molar-refractivity contribution in [2.45, 2.75) is 56.8 Å². The third kappa shape index (κ3) is 2.62. The largest absolute Gasteiger partial charge is 0.305 e. The fourth-order valence-corrected chi connectivity index (χ4v) is 3.23. The third-order valence-electron chi connectivity index (χ3n) is 3.88. The van der Waals surface area contributed by atoms with E-state index in [2.05, 4.69) is 36.7 Å². The Labute approximate surface area is 128 Å². The molecule has 0 saturated carbocycles. The second kappa shape index (κ2) is 4.83. The molecule has 1 atom stereocenters. The lowest BCUT2D eigenvalue weighted by Gasteiger charge is -2.47. The fraction of sp³-hybridized carbons (Fsp3) is 0.562. The van der Waals surface area contributed by atoms with Crippen LogP contribution in [-0.2, 0) is 4.79 Å². The fourth-order valence-electron chi connectivity index (χ4n) is 3.05. The van der Waals surface area contributed by atoms with Crippen LogP contribution in [0.4, 0.5) is 10.1 Å². The van der Waals surface area contributed by atoms with E-state index < -0.39 is 4.32 Å². The predicted octanol–water partition coefficient (Wildman–Crippen LogP) is 4.62. The van der Waals surface area contributed by atoms with E-state index >= 15 is 0 Å². The van der Waals surface area contributed by atoms with Gasteiger partial charge in [-0.15, -0.1) is 0 Å². The van der Waals surface area contributed by atoms with Crippen molar-refractivity contribution in [2.75, 3.05) is 4.90 Å². The van der Waals surface area contributed by atoms with Crippen molar-refractivity contribution in [3.63, 3.8) is 0 Å². The lowest BCUT2D eigenvalue weighted by Crippen LogP contribution is -2.56. The van der Waals surface area contributed by atoms with Crippen LogP contribution in [0.5, 0.6) is 0 Å². The number of amides is 1. The Kier molecular flexibility index (Phi) is 3.74. The normalized spacial score (nSPS) is 21.6. The Balaban J connectivity index is 2.60. The molecule has 2 rings (SSSR count). The number of alkyl halides is 1. The van der Waals surface area contributed by atoms with E-state index in [0.29, 0.717) is 0 Å². The summed E-state index contributed by atoms with van der Waals surface area (Å²) in [7, 11) is 0. The molecule has 1 unspecified atom stereocenters. The molecule has 1 aliphatic heterocycles. The van der Waals surface area contributed by atoms with Gasteiger partial charge in [-0.05, 0) is 63.8 Å². The second-order valence-electron chi connectivity index (χ2n) is 6.73. The molecule has 0 N–H and O–H groups in total. The molecule has 1 aromatic rings. The summed E-state index contributed by atoms with van der Waals surface area (Å²) in [4.78, 5) is 14.6. The molecule has 1 amide bonds. The molecular formula is C16H21BrFNO. The molecule has 0 radical (unpaired) electrons. The van der Waals surface area contributed by atoms with Gasteiger partial charge in [0.05, 0.1) is 4.32 Å². The van der Waals surface area contributed by atoms with Crippen LogP contribution >= 0.6 is 15.9 Å². The molecule has 4 heteroatoms. The minimum atomic E-state index is -0.642. The lowest BCUT2D eigenvalue weighted by molar-refractivity contribution is -0.121. The minimum Gasteiger partial charge on any atom is -0.305 e. The van der Waals surface area contributed by atoms with Gasteiger partial charge in [0.2, 0.25) is 5.91 Å². The summed E-state index contributed by atoms with van der Waals surface area (Å²) < 4.78 is 12.9. The van der Waals surface area contributed by atoms with E-state index in [1.807, 2.05) is 18.7 Å². The van der Waals surface area contributed by atoms with Gasteiger partial charge < -0.3 is 4.90 Å². The summed E-state index contributed by atoms with van der Waals surface area (Å²) in [5.41, 5.74) is 1.45. The number of carbonyl (C=O) groups excluding carboxylic acids is 1. The molecule has 0 spiro atoms. The number of benzene rings is 1. The van der Waals surface area contributed by atoms with Crippen molar-refractivity contribution in [3.05, 3.63) is 29.6 Å². The van der Waals surface area contributed by atoms with Crippen LogP contribution in [0.1, 0.15) is 52.5 Å². The van der Waals surface area contributed by atoms with Crippen molar-refractivity contribution in [1.82, 2.24) is 0 Å². The Morgan fingerprint density at radius 1 is 1.45 bits per heavy atom. The van der Waals surface area contributed by atoms with Crippen LogP contribution in [0.3, 0.4) is 0 Å². The second-order valence-corrected chi connectivity index (χ2v) is 8.72. The molecule has 110 valence electrons. The lowest BCUT2D eigenvalue weighted by atomic mass is 9.79. The summed E-state index contributed by atoms with van der Waals surface area (Å²) in [6.45, 7) is 9.89. The zero-order chi connectivity index (χ0) is 15.3. The van der Waals surface area contributed by atoms with Gasteiger partial charge in [0.25, 0.3) is 0 Å². The van der Waals surface area contributed by atoms with Gasteiger partial charge in [0.1, 0.15) is 5.82 Å². The average Bonchev–Trinajstić information content (AvgIpc) is 2.27. The molecule has 1 heterocycles. The van der Waals surface area contributed by atoms with Gasteiger partial charge in [-0.25, -0.2) is 4.39 Å². The highest BCUT2D eigenvalue weighted by molar-refractivity contribution is 9.10. The molecular weight excluding hydrogens is 321 g/mol. The van der Waals surface area contributed by atoms with Gasteiger partial charge in [0, 0.05) is 11.2 Å². The minimum absolute atomic E-state index is 0.00209. The number of fused-ring (bicyclic) bond motifs is 1. The maximum atomic E-state index is 13.5. The molecule has 20 heavy (non-hydrogen) atoms. The first-order valence-electron chi connectivity index (χ1n) is 6.87. The van der Waals surface area contributed by atoms with Gasteiger partial charge in [-0.3, -0.25) is 4.79 Å². The molecule has 0 saturated heterocycles. The molecule has 0 bridgehead atoms. The summed E-state index contributed by atoms with van der Waals surface area (Å²) >= 11 is 3.45. The van der Waals surface area contributed by atoms with Crippen LogP contribution in [0, 0.1) is 5.82 Å². The molecule has 1 aliphatic rings. The number of halogens is 2. The summed E-state index contributed by atoms with van der Waals surface area (Å²) in [6, 6.07) is 4.70. The van der Waals surface area contributed by atoms with E-state index in [9.17, 15) is 9.18 Å². The smallest absolute Gasteiger partial charge is 0.243 e. The highest BCUT2D eigenvalue weighted by Gasteiger charge is 2.43. The summed E-state index contributed by atoms with van der Waals surface area (Å²) in [6.07, 6.45) is 0.818. The van der Waals surface area contributed by atoms with E-state index in [0.717, 1.165) is 17.7 Å². The Morgan fingerprint density at radius 3 is 2.60 bits per heavy atom. The maximum Gasteiger partial charge on any atom is 0.243 e. The Hall–Kier alpha value is -0.900. The van der Waals surface area contributed by atoms with Crippen molar-refractivity contribution < 1.29 is 9.18 Å². The number of hydrogen-bond donors (Lipinski definition) is 0. The monoisotopic (exact) mass is 341 g/mol. The first kappa shape index (κ1) is 15.5. The zero-order valence-electron chi connectivity index (χ0n) is 12.6. The van der Waals surface area contributed by atoms with Crippen LogP contribution in [0.15, 0.2) is 18.2 Å². The summed E-state index contributed by atoms with van der Waals surface area (Å²) in [5.74, 6) is -0.0127. The van der Waals surface area contributed by atoms with Gasteiger partial charge >= 0.3 is 0 Å². The van der Waals surface area contributed by atoms with E-state index in [1.165, 1.54) is 6.07 Å². The number of anilines is 1. The van der Waals surface area contributed by atoms with E-state index in [4.69, 9.17) is 0 Å². The number of carbonyl (C=O) groups is 1. The summed E-state index contributed by atoms with van der Waals surface area (Å²) in [5, 5.41) is 0. The Morgan fingerprint density at radius 2 is 2.05 bits per heavy atom. The van der Waals surface area contributed by atoms with Crippen molar-refractivity contribution in [1.29, 1.82) is 0 Å². The third-order valence-corrected chi connectivity index (χ3v) is 4.22. The van der Waals surface area contributed by atoms with Gasteiger partial charge in [-0.2, -0.15) is 0 Å².